The maximum Gasteiger partial charge on any atom is 0.187 e. The van der Waals surface area contributed by atoms with E-state index in [1.54, 1.807) is 0 Å². The molecule has 0 amide bonds. The van der Waals surface area contributed by atoms with Crippen molar-refractivity contribution in [3.05, 3.63) is 0 Å². The van der Waals surface area contributed by atoms with E-state index in [1.807, 2.05) is 0 Å². The highest BCUT2D eigenvalue weighted by Gasteiger charge is 2.51. The quantitative estimate of drug-likeness (QED) is 0.0308. The van der Waals surface area contributed by atoms with Gasteiger partial charge in [-0.25, -0.2) is 0 Å². The normalized spacial score (nSPS) is 28.4. The van der Waals surface area contributed by atoms with Crippen LogP contribution < -0.4 is 0 Å². The van der Waals surface area contributed by atoms with Gasteiger partial charge in [-0.05, 0) is 12.8 Å². The van der Waals surface area contributed by atoms with Gasteiger partial charge in [0.15, 0.2) is 12.6 Å². The van der Waals surface area contributed by atoms with Crippen LogP contribution in [0, 0.1) is 0 Å². The van der Waals surface area contributed by atoms with Crippen LogP contribution in [0.1, 0.15) is 206 Å². The van der Waals surface area contributed by atoms with Gasteiger partial charge in [-0.1, -0.05) is 194 Å². The first kappa shape index (κ1) is 51.7. The Morgan fingerprint density at radius 3 is 1.11 bits per heavy atom. The Balaban J connectivity index is 1.80. The van der Waals surface area contributed by atoms with E-state index in [0.29, 0.717) is 0 Å². The van der Waals surface area contributed by atoms with Crippen LogP contribution >= 0.6 is 0 Å². The fraction of sp³-hybridized carbons (Fsp3) is 1.00. The molecule has 11 nitrogen and oxygen atoms in total. The van der Waals surface area contributed by atoms with Crippen LogP contribution in [0.15, 0.2) is 0 Å². The minimum atomic E-state index is -1.70. The molecule has 0 aromatic rings. The molecular weight excluding hydrogens is 716 g/mol. The summed E-state index contributed by atoms with van der Waals surface area (Å²) in [5.74, 6) is 0. The second kappa shape index (κ2) is 33.3. The molecule has 0 saturated carbocycles. The Morgan fingerprint density at radius 1 is 0.393 bits per heavy atom. The van der Waals surface area contributed by atoms with Crippen molar-refractivity contribution in [1.82, 2.24) is 0 Å². The van der Waals surface area contributed by atoms with Crippen LogP contribution in [0.5, 0.6) is 0 Å². The Bertz CT molecular complexity index is 847. The molecule has 7 N–H and O–H groups in total. The van der Waals surface area contributed by atoms with E-state index in [2.05, 4.69) is 13.8 Å². The summed E-state index contributed by atoms with van der Waals surface area (Å²) in [7, 11) is 0. The third-order valence-corrected chi connectivity index (χ3v) is 12.0. The lowest BCUT2D eigenvalue weighted by Crippen LogP contribution is -2.64. The first-order valence-electron chi connectivity index (χ1n) is 23.5. The lowest BCUT2D eigenvalue weighted by Gasteiger charge is -2.46. The van der Waals surface area contributed by atoms with Crippen LogP contribution in [0.3, 0.4) is 0 Å². The molecule has 0 unspecified atom stereocenters. The maximum atomic E-state index is 11.2. The monoisotopic (exact) mass is 805 g/mol. The fourth-order valence-electron chi connectivity index (χ4n) is 8.27. The summed E-state index contributed by atoms with van der Waals surface area (Å²) in [5.41, 5.74) is 0. The number of unbranched alkanes of at least 4 members (excludes halogenated alkanes) is 26. The third-order valence-electron chi connectivity index (χ3n) is 12.0. The molecule has 2 aliphatic rings. The molecular formula is C45H88O11. The molecule has 0 aliphatic carbocycles. The number of ether oxygens (including phenoxy) is 4. The van der Waals surface area contributed by atoms with Crippen molar-refractivity contribution >= 4 is 0 Å². The van der Waals surface area contributed by atoms with E-state index < -0.39 is 74.6 Å². The molecule has 0 aromatic carbocycles. The molecule has 2 rings (SSSR count). The zero-order valence-electron chi connectivity index (χ0n) is 35.7. The summed E-state index contributed by atoms with van der Waals surface area (Å²) in [6, 6.07) is 0. The van der Waals surface area contributed by atoms with E-state index in [9.17, 15) is 35.7 Å². The van der Waals surface area contributed by atoms with Gasteiger partial charge in [0.25, 0.3) is 0 Å². The minimum absolute atomic E-state index is 0.182. The van der Waals surface area contributed by atoms with Crippen molar-refractivity contribution in [2.24, 2.45) is 0 Å². The van der Waals surface area contributed by atoms with Gasteiger partial charge in [0.05, 0.1) is 19.3 Å². The highest BCUT2D eigenvalue weighted by Crippen LogP contribution is 2.31. The average Bonchev–Trinajstić information content (AvgIpc) is 3.20. The van der Waals surface area contributed by atoms with Crippen LogP contribution in [0.25, 0.3) is 0 Å². The lowest BCUT2D eigenvalue weighted by atomic mass is 9.96. The SMILES string of the molecule is CCCCCCCCCCCCCCCCC(CCCCCCCCCCCCCCCC)O[C@@H]1O[C@@H](CO)[C@H](O[C@H]2O[C@@H](CO)[C@@H](O)[C@H](O)[C@@H]2O)[C@H](O)[C@@H]1O. The summed E-state index contributed by atoms with van der Waals surface area (Å²) >= 11 is 0. The van der Waals surface area contributed by atoms with Crippen LogP contribution in [-0.2, 0) is 18.9 Å². The van der Waals surface area contributed by atoms with E-state index in [-0.39, 0.29) is 6.10 Å². The molecule has 334 valence electrons. The van der Waals surface area contributed by atoms with Crippen molar-refractivity contribution < 1.29 is 54.7 Å². The Kier molecular flexibility index (Phi) is 30.7. The van der Waals surface area contributed by atoms with Crippen LogP contribution in [0.2, 0.25) is 0 Å². The molecule has 0 bridgehead atoms. The molecule has 0 aromatic heterocycles. The number of hydrogen-bond acceptors (Lipinski definition) is 11. The number of hydrogen-bond donors (Lipinski definition) is 7. The zero-order chi connectivity index (χ0) is 40.8. The Labute approximate surface area is 341 Å². The van der Waals surface area contributed by atoms with Gasteiger partial charge in [-0.2, -0.15) is 0 Å². The van der Waals surface area contributed by atoms with E-state index in [4.69, 9.17) is 18.9 Å². The Morgan fingerprint density at radius 2 is 0.732 bits per heavy atom. The van der Waals surface area contributed by atoms with Gasteiger partial charge in [-0.15, -0.1) is 0 Å². The highest BCUT2D eigenvalue weighted by atomic mass is 16.7. The summed E-state index contributed by atoms with van der Waals surface area (Å²) in [4.78, 5) is 0. The zero-order valence-corrected chi connectivity index (χ0v) is 35.7. The summed E-state index contributed by atoms with van der Waals surface area (Å²) in [6.07, 6.45) is 23.0. The standard InChI is InChI=1S/C45H88O11/c1-3-5-7-9-11-13-15-17-19-21-23-25-27-29-31-35(32-30-28-26-24-22-20-18-16-14-12-10-8-6-4-2)53-44-42(52)40(50)43(37(34-47)55-44)56-45-41(51)39(49)38(48)36(33-46)54-45/h35-52H,3-34H2,1-2H3/t36-,37-,38+,39-,40+,41-,42-,43-,44+,45+/m0/s1. The Hall–Kier alpha value is -0.440. The highest BCUT2D eigenvalue weighted by molar-refractivity contribution is 4.94. The first-order chi connectivity index (χ1) is 27.3. The van der Waals surface area contributed by atoms with Crippen molar-refractivity contribution in [2.75, 3.05) is 13.2 Å². The van der Waals surface area contributed by atoms with Crippen LogP contribution in [0.4, 0.5) is 0 Å². The molecule has 2 saturated heterocycles. The van der Waals surface area contributed by atoms with Crippen molar-refractivity contribution in [3.8, 4) is 0 Å². The molecule has 11 heteroatoms. The molecule has 0 spiro atoms. The van der Waals surface area contributed by atoms with E-state index in [0.717, 1.165) is 38.5 Å². The second-order valence-electron chi connectivity index (χ2n) is 17.0. The smallest absolute Gasteiger partial charge is 0.187 e. The van der Waals surface area contributed by atoms with Crippen LogP contribution in [-0.4, -0.2) is 116 Å². The van der Waals surface area contributed by atoms with Gasteiger partial charge in [0.1, 0.15) is 48.8 Å². The van der Waals surface area contributed by atoms with Gasteiger partial charge in [0, 0.05) is 0 Å². The molecule has 56 heavy (non-hydrogen) atoms. The van der Waals surface area contributed by atoms with Gasteiger partial charge in [0.2, 0.25) is 0 Å². The first-order valence-corrected chi connectivity index (χ1v) is 23.5. The maximum absolute atomic E-state index is 11.2. The molecule has 10 atom stereocenters. The fourth-order valence-corrected chi connectivity index (χ4v) is 8.27. The van der Waals surface area contributed by atoms with E-state index >= 15 is 0 Å². The molecule has 2 aliphatic heterocycles. The largest absolute Gasteiger partial charge is 0.394 e. The predicted octanol–water partition coefficient (Wildman–Crippen LogP) is 7.74. The predicted molar refractivity (Wildman–Crippen MR) is 221 cm³/mol. The molecule has 2 fully saturated rings. The summed E-state index contributed by atoms with van der Waals surface area (Å²) in [6.45, 7) is 3.31. The number of rotatable bonds is 36. The average molecular weight is 805 g/mol. The van der Waals surface area contributed by atoms with Crippen molar-refractivity contribution in [3.63, 3.8) is 0 Å². The summed E-state index contributed by atoms with van der Waals surface area (Å²) in [5, 5.41) is 72.9. The van der Waals surface area contributed by atoms with Crippen molar-refractivity contribution in [2.45, 2.75) is 274 Å². The second-order valence-corrected chi connectivity index (χ2v) is 17.0. The van der Waals surface area contributed by atoms with Gasteiger partial charge >= 0.3 is 0 Å². The van der Waals surface area contributed by atoms with E-state index in [1.165, 1.54) is 154 Å². The lowest BCUT2D eigenvalue weighted by molar-refractivity contribution is -0.363. The molecule has 0 radical (unpaired) electrons. The topological polar surface area (TPSA) is 179 Å². The number of aliphatic hydroxyl groups is 7. The third kappa shape index (κ3) is 21.2. The minimum Gasteiger partial charge on any atom is -0.394 e. The van der Waals surface area contributed by atoms with Gasteiger partial charge in [-0.3, -0.25) is 0 Å². The summed E-state index contributed by atoms with van der Waals surface area (Å²) < 4.78 is 23.5. The number of aliphatic hydroxyl groups excluding tert-OH is 7. The van der Waals surface area contributed by atoms with Gasteiger partial charge < -0.3 is 54.7 Å². The van der Waals surface area contributed by atoms with Crippen molar-refractivity contribution in [1.29, 1.82) is 0 Å². The molecule has 2 heterocycles.